The highest BCUT2D eigenvalue weighted by Crippen LogP contribution is 2.28. The van der Waals surface area contributed by atoms with E-state index in [1.165, 1.54) is 36.1 Å². The van der Waals surface area contributed by atoms with E-state index in [9.17, 15) is 0 Å². The minimum Gasteiger partial charge on any atom is -0.376 e. The highest BCUT2D eigenvalue weighted by atomic mass is 16.5. The summed E-state index contributed by atoms with van der Waals surface area (Å²) in [5, 5.41) is 0. The van der Waals surface area contributed by atoms with Gasteiger partial charge in [0.1, 0.15) is 5.82 Å². The molecule has 1 aromatic heterocycles. The number of hydrogen-bond acceptors (Lipinski definition) is 4. The fraction of sp³-hybridized carbons (Fsp3) is 0.688. The van der Waals surface area contributed by atoms with Crippen molar-refractivity contribution in [2.24, 2.45) is 5.73 Å². The van der Waals surface area contributed by atoms with Crippen LogP contribution in [0.2, 0.25) is 0 Å². The molecule has 2 N–H and O–H groups in total. The Morgan fingerprint density at radius 2 is 2.30 bits per heavy atom. The van der Waals surface area contributed by atoms with E-state index in [1.54, 1.807) is 0 Å². The maximum absolute atomic E-state index is 5.95. The van der Waals surface area contributed by atoms with E-state index in [0.717, 1.165) is 38.4 Å². The second kappa shape index (κ2) is 6.10. The van der Waals surface area contributed by atoms with E-state index in [2.05, 4.69) is 17.9 Å². The van der Waals surface area contributed by atoms with Crippen LogP contribution >= 0.6 is 0 Å². The van der Waals surface area contributed by atoms with Gasteiger partial charge in [-0.25, -0.2) is 4.98 Å². The fourth-order valence-electron chi connectivity index (χ4n) is 3.33. The van der Waals surface area contributed by atoms with E-state index in [4.69, 9.17) is 15.5 Å². The van der Waals surface area contributed by atoms with Gasteiger partial charge in [0.2, 0.25) is 0 Å². The molecule has 3 rings (SSSR count). The summed E-state index contributed by atoms with van der Waals surface area (Å²) in [4.78, 5) is 7.27. The Labute approximate surface area is 121 Å². The molecule has 1 saturated heterocycles. The van der Waals surface area contributed by atoms with Crippen LogP contribution < -0.4 is 10.6 Å². The molecule has 0 amide bonds. The monoisotopic (exact) mass is 275 g/mol. The van der Waals surface area contributed by atoms with Crippen molar-refractivity contribution in [3.05, 3.63) is 22.9 Å². The molecule has 4 nitrogen and oxygen atoms in total. The average molecular weight is 275 g/mol. The Morgan fingerprint density at radius 3 is 3.00 bits per heavy atom. The summed E-state index contributed by atoms with van der Waals surface area (Å²) >= 11 is 0. The van der Waals surface area contributed by atoms with Gasteiger partial charge >= 0.3 is 0 Å². The first-order valence-electron chi connectivity index (χ1n) is 7.90. The Kier molecular flexibility index (Phi) is 4.22. The van der Waals surface area contributed by atoms with Gasteiger partial charge < -0.3 is 15.4 Å². The lowest BCUT2D eigenvalue weighted by Gasteiger charge is -2.27. The zero-order valence-electron chi connectivity index (χ0n) is 12.4. The van der Waals surface area contributed by atoms with Crippen molar-refractivity contribution in [3.63, 3.8) is 0 Å². The number of hydrogen-bond donors (Lipinski definition) is 1. The highest BCUT2D eigenvalue weighted by molar-refractivity contribution is 5.51. The number of anilines is 1. The minimum atomic E-state index is 0.357. The lowest BCUT2D eigenvalue weighted by Crippen LogP contribution is -2.34. The second-order valence-corrected chi connectivity index (χ2v) is 5.81. The Balaban J connectivity index is 1.85. The van der Waals surface area contributed by atoms with Crippen molar-refractivity contribution >= 4 is 5.82 Å². The van der Waals surface area contributed by atoms with E-state index in [-0.39, 0.29) is 0 Å². The number of aromatic nitrogens is 1. The molecule has 1 aliphatic heterocycles. The molecule has 2 aliphatic rings. The summed E-state index contributed by atoms with van der Waals surface area (Å²) in [5.41, 5.74) is 9.82. The third kappa shape index (κ3) is 2.67. The Morgan fingerprint density at radius 1 is 1.40 bits per heavy atom. The second-order valence-electron chi connectivity index (χ2n) is 5.81. The number of pyridine rings is 1. The summed E-state index contributed by atoms with van der Waals surface area (Å²) in [6, 6.07) is 2.28. The molecule has 0 saturated carbocycles. The molecular formula is C16H25N3O. The number of fused-ring (bicyclic) bond motifs is 1. The number of nitrogens with zero attached hydrogens (tertiary/aromatic N) is 2. The summed E-state index contributed by atoms with van der Waals surface area (Å²) in [6.07, 6.45) is 6.21. The van der Waals surface area contributed by atoms with Gasteiger partial charge in [-0.05, 0) is 50.7 Å². The smallest absolute Gasteiger partial charge is 0.133 e. The first-order chi connectivity index (χ1) is 9.81. The minimum absolute atomic E-state index is 0.357. The van der Waals surface area contributed by atoms with Crippen molar-refractivity contribution in [3.8, 4) is 0 Å². The Hall–Kier alpha value is -1.13. The maximum Gasteiger partial charge on any atom is 0.133 e. The van der Waals surface area contributed by atoms with Crippen molar-refractivity contribution < 1.29 is 4.74 Å². The number of likely N-dealkylation sites (N-methyl/N-ethyl adjacent to an activating group) is 1. The summed E-state index contributed by atoms with van der Waals surface area (Å²) in [6.45, 7) is 5.55. The normalized spacial score (nSPS) is 21.2. The van der Waals surface area contributed by atoms with Gasteiger partial charge in [0.15, 0.2) is 0 Å². The van der Waals surface area contributed by atoms with Gasteiger partial charge in [0.25, 0.3) is 0 Å². The van der Waals surface area contributed by atoms with Crippen molar-refractivity contribution in [2.45, 2.75) is 51.7 Å². The summed E-state index contributed by atoms with van der Waals surface area (Å²) in [7, 11) is 0. The first-order valence-corrected chi connectivity index (χ1v) is 7.90. The summed E-state index contributed by atoms with van der Waals surface area (Å²) in [5.74, 6) is 1.09. The third-order valence-electron chi connectivity index (χ3n) is 4.46. The van der Waals surface area contributed by atoms with Crippen LogP contribution in [-0.4, -0.2) is 30.8 Å². The molecule has 1 fully saturated rings. The lowest BCUT2D eigenvalue weighted by atomic mass is 10.1. The highest BCUT2D eigenvalue weighted by Gasteiger charge is 2.23. The number of rotatable bonds is 5. The molecule has 0 aromatic carbocycles. The topological polar surface area (TPSA) is 51.4 Å². The molecule has 0 radical (unpaired) electrons. The van der Waals surface area contributed by atoms with Crippen molar-refractivity contribution in [2.75, 3.05) is 24.6 Å². The lowest BCUT2D eigenvalue weighted by molar-refractivity contribution is 0.115. The van der Waals surface area contributed by atoms with Crippen molar-refractivity contribution in [1.82, 2.24) is 4.98 Å². The van der Waals surface area contributed by atoms with Crippen LogP contribution in [0, 0.1) is 0 Å². The van der Waals surface area contributed by atoms with Gasteiger partial charge in [0.05, 0.1) is 6.10 Å². The van der Waals surface area contributed by atoms with Gasteiger partial charge in [0, 0.05) is 37.5 Å². The van der Waals surface area contributed by atoms with Crippen LogP contribution in [0.1, 0.15) is 43.0 Å². The standard InChI is InChI=1S/C16H25N3O/c1-2-19(11-14-6-4-8-20-14)16-13(10-17)9-12-5-3-7-15(12)18-16/h9,14H,2-8,10-11,17H2,1H3. The molecule has 0 spiro atoms. The van der Waals surface area contributed by atoms with Crippen LogP contribution in [0.4, 0.5) is 5.82 Å². The predicted octanol–water partition coefficient (Wildman–Crippen LogP) is 2.03. The van der Waals surface area contributed by atoms with E-state index in [0.29, 0.717) is 12.6 Å². The predicted molar refractivity (Wildman–Crippen MR) is 81.0 cm³/mol. The van der Waals surface area contributed by atoms with Gasteiger partial charge in [-0.15, -0.1) is 0 Å². The quantitative estimate of drug-likeness (QED) is 0.893. The zero-order chi connectivity index (χ0) is 13.9. The maximum atomic E-state index is 5.95. The molecule has 2 heterocycles. The van der Waals surface area contributed by atoms with Crippen LogP contribution in [-0.2, 0) is 24.1 Å². The number of nitrogens with two attached hydrogens (primary N) is 1. The van der Waals surface area contributed by atoms with Crippen LogP contribution in [0.5, 0.6) is 0 Å². The molecule has 1 unspecified atom stereocenters. The molecular weight excluding hydrogens is 250 g/mol. The van der Waals surface area contributed by atoms with Crippen LogP contribution in [0.3, 0.4) is 0 Å². The Bertz CT molecular complexity index is 469. The average Bonchev–Trinajstić information content (AvgIpc) is 3.14. The number of aryl methyl sites for hydroxylation is 2. The van der Waals surface area contributed by atoms with Gasteiger partial charge in [-0.1, -0.05) is 0 Å². The fourth-order valence-corrected chi connectivity index (χ4v) is 3.33. The molecule has 1 atom stereocenters. The molecule has 110 valence electrons. The first kappa shape index (κ1) is 13.8. The molecule has 20 heavy (non-hydrogen) atoms. The van der Waals surface area contributed by atoms with Crippen molar-refractivity contribution in [1.29, 1.82) is 0 Å². The van der Waals surface area contributed by atoms with E-state index < -0.39 is 0 Å². The molecule has 0 bridgehead atoms. The number of ether oxygens (including phenoxy) is 1. The summed E-state index contributed by atoms with van der Waals surface area (Å²) < 4.78 is 5.77. The van der Waals surface area contributed by atoms with E-state index in [1.807, 2.05) is 0 Å². The SMILES string of the molecule is CCN(CC1CCCO1)c1nc2c(cc1CN)CCC2. The van der Waals surface area contributed by atoms with Crippen LogP contribution in [0.25, 0.3) is 0 Å². The van der Waals surface area contributed by atoms with Crippen LogP contribution in [0.15, 0.2) is 6.07 Å². The zero-order valence-corrected chi connectivity index (χ0v) is 12.4. The molecule has 1 aromatic rings. The molecule has 1 aliphatic carbocycles. The molecule has 4 heteroatoms. The van der Waals surface area contributed by atoms with Gasteiger partial charge in [-0.3, -0.25) is 0 Å². The largest absolute Gasteiger partial charge is 0.376 e. The van der Waals surface area contributed by atoms with Gasteiger partial charge in [-0.2, -0.15) is 0 Å². The third-order valence-corrected chi connectivity index (χ3v) is 4.46. The van der Waals surface area contributed by atoms with E-state index >= 15 is 0 Å².